The molecule has 122 valence electrons. The van der Waals surface area contributed by atoms with Crippen molar-refractivity contribution < 1.29 is 18.4 Å². The second kappa shape index (κ2) is 6.69. The van der Waals surface area contributed by atoms with Gasteiger partial charge in [-0.2, -0.15) is 4.31 Å². The van der Waals surface area contributed by atoms with Crippen LogP contribution in [-0.2, 0) is 10.0 Å². The highest BCUT2D eigenvalue weighted by atomic mass is 32.2. The highest BCUT2D eigenvalue weighted by Crippen LogP contribution is 2.25. The van der Waals surface area contributed by atoms with Gasteiger partial charge >= 0.3 is 0 Å². The molecule has 1 N–H and O–H groups in total. The van der Waals surface area contributed by atoms with Crippen molar-refractivity contribution in [3.8, 4) is 0 Å². The van der Waals surface area contributed by atoms with Crippen LogP contribution in [0.1, 0.15) is 5.56 Å². The van der Waals surface area contributed by atoms with Crippen molar-refractivity contribution in [1.82, 2.24) is 9.21 Å². The summed E-state index contributed by atoms with van der Waals surface area (Å²) >= 11 is 0. The summed E-state index contributed by atoms with van der Waals surface area (Å²) in [5, 5.41) is 19.9. The maximum absolute atomic E-state index is 12.6. The number of aryl methyl sites for hydroxylation is 1. The van der Waals surface area contributed by atoms with Crippen LogP contribution in [0.4, 0.5) is 5.69 Å². The molecule has 0 unspecified atom stereocenters. The van der Waals surface area contributed by atoms with Crippen molar-refractivity contribution >= 4 is 15.7 Å². The minimum atomic E-state index is -3.73. The molecule has 0 amide bonds. The number of hydrogen-bond donors (Lipinski definition) is 1. The van der Waals surface area contributed by atoms with Gasteiger partial charge in [0.15, 0.2) is 0 Å². The van der Waals surface area contributed by atoms with Crippen molar-refractivity contribution in [1.29, 1.82) is 0 Å². The average molecular weight is 329 g/mol. The average Bonchev–Trinajstić information content (AvgIpc) is 2.48. The Morgan fingerprint density at radius 2 is 1.91 bits per heavy atom. The minimum Gasteiger partial charge on any atom is -0.395 e. The third-order valence-electron chi connectivity index (χ3n) is 3.76. The Balaban J connectivity index is 2.21. The Hall–Kier alpha value is -1.55. The van der Waals surface area contributed by atoms with E-state index in [1.807, 2.05) is 4.90 Å². The Morgan fingerprint density at radius 1 is 1.27 bits per heavy atom. The summed E-state index contributed by atoms with van der Waals surface area (Å²) in [6.45, 7) is 3.82. The summed E-state index contributed by atoms with van der Waals surface area (Å²) < 4.78 is 26.5. The number of benzene rings is 1. The lowest BCUT2D eigenvalue weighted by atomic mass is 10.2. The molecule has 0 spiro atoms. The zero-order chi connectivity index (χ0) is 16.3. The van der Waals surface area contributed by atoms with Gasteiger partial charge in [0, 0.05) is 44.4 Å². The number of aliphatic hydroxyl groups is 1. The van der Waals surface area contributed by atoms with E-state index in [2.05, 4.69) is 0 Å². The predicted octanol–water partition coefficient (Wildman–Crippen LogP) is 0.202. The Bertz CT molecular complexity index is 654. The quantitative estimate of drug-likeness (QED) is 0.611. The first-order chi connectivity index (χ1) is 10.4. The molecule has 1 fully saturated rings. The lowest BCUT2D eigenvalue weighted by Crippen LogP contribution is -2.49. The molecule has 1 saturated heterocycles. The Kier molecular flexibility index (Phi) is 5.12. The van der Waals surface area contributed by atoms with Gasteiger partial charge in [-0.1, -0.05) is 6.07 Å². The first-order valence-electron chi connectivity index (χ1n) is 6.94. The molecule has 0 aliphatic carbocycles. The number of rotatable bonds is 5. The Labute approximate surface area is 129 Å². The number of nitro groups is 1. The summed E-state index contributed by atoms with van der Waals surface area (Å²) in [6.07, 6.45) is 0. The molecule has 9 heteroatoms. The smallest absolute Gasteiger partial charge is 0.273 e. The third kappa shape index (κ3) is 3.43. The van der Waals surface area contributed by atoms with E-state index in [9.17, 15) is 18.5 Å². The van der Waals surface area contributed by atoms with Crippen LogP contribution in [0.3, 0.4) is 0 Å². The van der Waals surface area contributed by atoms with Crippen molar-refractivity contribution in [2.24, 2.45) is 0 Å². The molecule has 1 aromatic carbocycles. The van der Waals surface area contributed by atoms with Crippen molar-refractivity contribution in [2.75, 3.05) is 39.3 Å². The van der Waals surface area contributed by atoms with Gasteiger partial charge in [0.25, 0.3) is 5.69 Å². The fraction of sp³-hybridized carbons (Fsp3) is 0.538. The zero-order valence-electron chi connectivity index (χ0n) is 12.3. The number of β-amino-alcohol motifs (C(OH)–C–C–N with tert-alkyl or cyclic N) is 1. The first-order valence-corrected chi connectivity index (χ1v) is 8.38. The predicted molar refractivity (Wildman–Crippen MR) is 80.1 cm³/mol. The number of aliphatic hydroxyl groups excluding tert-OH is 1. The van der Waals surface area contributed by atoms with Gasteiger partial charge in [-0.15, -0.1) is 0 Å². The van der Waals surface area contributed by atoms with E-state index in [0.717, 1.165) is 6.07 Å². The number of sulfonamides is 1. The van der Waals surface area contributed by atoms with E-state index in [4.69, 9.17) is 5.11 Å². The van der Waals surface area contributed by atoms with E-state index in [-0.39, 0.29) is 17.2 Å². The van der Waals surface area contributed by atoms with Gasteiger partial charge in [-0.05, 0) is 13.0 Å². The lowest BCUT2D eigenvalue weighted by molar-refractivity contribution is -0.385. The van der Waals surface area contributed by atoms with Crippen LogP contribution in [-0.4, -0.2) is 67.0 Å². The minimum absolute atomic E-state index is 0.0386. The summed E-state index contributed by atoms with van der Waals surface area (Å²) in [4.78, 5) is 12.3. The molecular weight excluding hydrogens is 310 g/mol. The molecule has 2 rings (SSSR count). The van der Waals surface area contributed by atoms with Gasteiger partial charge < -0.3 is 5.11 Å². The number of hydrogen-bond acceptors (Lipinski definition) is 6. The molecule has 1 aliphatic heterocycles. The monoisotopic (exact) mass is 329 g/mol. The second-order valence-electron chi connectivity index (χ2n) is 5.17. The highest BCUT2D eigenvalue weighted by Gasteiger charge is 2.29. The van der Waals surface area contributed by atoms with Gasteiger partial charge in [0.2, 0.25) is 10.0 Å². The van der Waals surface area contributed by atoms with Crippen molar-refractivity contribution in [3.05, 3.63) is 33.9 Å². The summed E-state index contributed by atoms with van der Waals surface area (Å²) in [6, 6.07) is 3.97. The van der Waals surface area contributed by atoms with Gasteiger partial charge in [-0.3, -0.25) is 15.0 Å². The van der Waals surface area contributed by atoms with Crippen LogP contribution in [0.25, 0.3) is 0 Å². The maximum Gasteiger partial charge on any atom is 0.273 e. The molecule has 0 saturated carbocycles. The fourth-order valence-corrected chi connectivity index (χ4v) is 3.87. The van der Waals surface area contributed by atoms with Gasteiger partial charge in [0.1, 0.15) is 0 Å². The largest absolute Gasteiger partial charge is 0.395 e. The molecule has 8 nitrogen and oxygen atoms in total. The van der Waals surface area contributed by atoms with Crippen LogP contribution in [0, 0.1) is 17.0 Å². The molecule has 0 atom stereocenters. The molecule has 0 radical (unpaired) electrons. The molecule has 1 aliphatic rings. The lowest BCUT2D eigenvalue weighted by Gasteiger charge is -2.33. The van der Waals surface area contributed by atoms with Crippen LogP contribution >= 0.6 is 0 Å². The normalized spacial score (nSPS) is 17.5. The second-order valence-corrected chi connectivity index (χ2v) is 7.11. The number of piperazine rings is 1. The van der Waals surface area contributed by atoms with E-state index in [1.165, 1.54) is 16.4 Å². The van der Waals surface area contributed by atoms with Gasteiger partial charge in [0.05, 0.1) is 16.4 Å². The van der Waals surface area contributed by atoms with Crippen molar-refractivity contribution in [2.45, 2.75) is 11.8 Å². The van der Waals surface area contributed by atoms with E-state index >= 15 is 0 Å². The van der Waals surface area contributed by atoms with E-state index in [0.29, 0.717) is 38.3 Å². The third-order valence-corrected chi connectivity index (χ3v) is 5.66. The zero-order valence-corrected chi connectivity index (χ0v) is 13.1. The highest BCUT2D eigenvalue weighted by molar-refractivity contribution is 7.89. The molecular formula is C13H19N3O5S. The summed E-state index contributed by atoms with van der Waals surface area (Å²) in [5.74, 6) is 0. The summed E-state index contributed by atoms with van der Waals surface area (Å²) in [7, 11) is -3.73. The number of nitro benzene ring substituents is 1. The SMILES string of the molecule is Cc1ccc(S(=O)(=O)N2CCN(CCO)CC2)cc1[N+](=O)[O-]. The standard InChI is InChI=1S/C13H19N3O5S/c1-11-2-3-12(10-13(11)16(18)19)22(20,21)15-6-4-14(5-7-15)8-9-17/h2-3,10,17H,4-9H2,1H3. The molecule has 1 heterocycles. The maximum atomic E-state index is 12.6. The van der Waals surface area contributed by atoms with Crippen LogP contribution in [0.2, 0.25) is 0 Å². The van der Waals surface area contributed by atoms with E-state index < -0.39 is 14.9 Å². The topological polar surface area (TPSA) is 104 Å². The fourth-order valence-electron chi connectivity index (χ4n) is 2.43. The van der Waals surface area contributed by atoms with Crippen LogP contribution in [0.5, 0.6) is 0 Å². The number of nitrogens with zero attached hydrogens (tertiary/aromatic N) is 3. The molecule has 0 aromatic heterocycles. The molecule has 1 aromatic rings. The van der Waals surface area contributed by atoms with Crippen LogP contribution in [0.15, 0.2) is 23.1 Å². The Morgan fingerprint density at radius 3 is 2.45 bits per heavy atom. The van der Waals surface area contributed by atoms with Crippen LogP contribution < -0.4 is 0 Å². The molecule has 22 heavy (non-hydrogen) atoms. The van der Waals surface area contributed by atoms with Crippen molar-refractivity contribution in [3.63, 3.8) is 0 Å². The first kappa shape index (κ1) is 16.8. The summed E-state index contributed by atoms with van der Waals surface area (Å²) in [5.41, 5.74) is 0.233. The van der Waals surface area contributed by atoms with E-state index in [1.54, 1.807) is 6.92 Å². The molecule has 0 bridgehead atoms. The van der Waals surface area contributed by atoms with Gasteiger partial charge in [-0.25, -0.2) is 8.42 Å².